The molecule has 0 spiro atoms. The highest BCUT2D eigenvalue weighted by Gasteiger charge is 2.20. The number of piperazine rings is 1. The van der Waals surface area contributed by atoms with Crippen LogP contribution < -0.4 is 5.32 Å². The van der Waals surface area contributed by atoms with Gasteiger partial charge in [-0.1, -0.05) is 22.0 Å². The summed E-state index contributed by atoms with van der Waals surface area (Å²) in [5.41, 5.74) is 2.61. The Morgan fingerprint density at radius 2 is 2.06 bits per heavy atom. The van der Waals surface area contributed by atoms with Crippen molar-refractivity contribution < 1.29 is 0 Å². The quantitative estimate of drug-likeness (QED) is 0.894. The van der Waals surface area contributed by atoms with Crippen molar-refractivity contribution in [1.29, 1.82) is 0 Å². The molecule has 2 aromatic rings. The number of aromatic nitrogens is 1. The van der Waals surface area contributed by atoms with E-state index in [0.29, 0.717) is 6.04 Å². The van der Waals surface area contributed by atoms with E-state index >= 15 is 0 Å². The topological polar surface area (TPSA) is 31.1 Å². The van der Waals surface area contributed by atoms with Crippen LogP contribution in [0.25, 0.3) is 10.9 Å². The molecule has 3 rings (SSSR count). The van der Waals surface area contributed by atoms with Crippen molar-refractivity contribution in [2.24, 2.45) is 0 Å². The Kier molecular flexibility index (Phi) is 3.41. The van der Waals surface area contributed by atoms with Gasteiger partial charge in [0.2, 0.25) is 0 Å². The van der Waals surface area contributed by atoms with Gasteiger partial charge < -0.3 is 10.3 Å². The number of nitrogens with zero attached hydrogens (tertiary/aromatic N) is 1. The second kappa shape index (κ2) is 5.03. The van der Waals surface area contributed by atoms with Gasteiger partial charge in [0, 0.05) is 53.8 Å². The largest absolute Gasteiger partial charge is 0.361 e. The summed E-state index contributed by atoms with van der Waals surface area (Å²) in [5.74, 6) is 0. The summed E-state index contributed by atoms with van der Waals surface area (Å²) in [7, 11) is 0. The van der Waals surface area contributed by atoms with Gasteiger partial charge in [0.25, 0.3) is 0 Å². The molecular weight excluding hydrogens is 290 g/mol. The Morgan fingerprint density at radius 3 is 2.83 bits per heavy atom. The third-order valence-corrected chi connectivity index (χ3v) is 4.32. The van der Waals surface area contributed by atoms with Crippen molar-refractivity contribution in [2.45, 2.75) is 13.0 Å². The molecule has 1 atom stereocenters. The summed E-state index contributed by atoms with van der Waals surface area (Å²) in [6, 6.07) is 6.93. The van der Waals surface area contributed by atoms with Gasteiger partial charge in [0.15, 0.2) is 0 Å². The molecule has 18 heavy (non-hydrogen) atoms. The summed E-state index contributed by atoms with van der Waals surface area (Å²) in [4.78, 5) is 5.92. The summed E-state index contributed by atoms with van der Waals surface area (Å²) in [5, 5.41) is 4.74. The van der Waals surface area contributed by atoms with Crippen LogP contribution in [0.4, 0.5) is 0 Å². The Morgan fingerprint density at radius 1 is 1.28 bits per heavy atom. The first-order chi connectivity index (χ1) is 8.75. The highest BCUT2D eigenvalue weighted by molar-refractivity contribution is 9.10. The first kappa shape index (κ1) is 12.2. The van der Waals surface area contributed by atoms with E-state index in [9.17, 15) is 0 Å². The van der Waals surface area contributed by atoms with Gasteiger partial charge in [-0.25, -0.2) is 0 Å². The molecule has 1 aromatic carbocycles. The number of benzene rings is 1. The molecular formula is C14H18BrN3. The maximum atomic E-state index is 3.52. The molecule has 0 radical (unpaired) electrons. The van der Waals surface area contributed by atoms with Crippen LogP contribution in [0.15, 0.2) is 28.9 Å². The van der Waals surface area contributed by atoms with Gasteiger partial charge >= 0.3 is 0 Å². The van der Waals surface area contributed by atoms with Crippen LogP contribution in [0.1, 0.15) is 18.5 Å². The smallest absolute Gasteiger partial charge is 0.0468 e. The van der Waals surface area contributed by atoms with Crippen LogP contribution >= 0.6 is 15.9 Å². The molecule has 2 N–H and O–H groups in total. The van der Waals surface area contributed by atoms with Gasteiger partial charge in [0.1, 0.15) is 0 Å². The molecule has 0 aliphatic carbocycles. The van der Waals surface area contributed by atoms with Crippen LogP contribution in [-0.4, -0.2) is 36.1 Å². The maximum Gasteiger partial charge on any atom is 0.0468 e. The number of hydrogen-bond donors (Lipinski definition) is 2. The van der Waals surface area contributed by atoms with Crippen LogP contribution in [-0.2, 0) is 0 Å². The second-order valence-electron chi connectivity index (χ2n) is 4.90. The third-order valence-electron chi connectivity index (χ3n) is 3.83. The predicted octanol–water partition coefficient (Wildman–Crippen LogP) is 2.90. The molecule has 1 aliphatic rings. The number of hydrogen-bond acceptors (Lipinski definition) is 2. The summed E-state index contributed by atoms with van der Waals surface area (Å²) in [6.45, 7) is 6.75. The summed E-state index contributed by atoms with van der Waals surface area (Å²) in [6.07, 6.45) is 2.16. The summed E-state index contributed by atoms with van der Waals surface area (Å²) >= 11 is 3.52. The molecule has 96 valence electrons. The minimum Gasteiger partial charge on any atom is -0.361 e. The molecule has 4 heteroatoms. The molecule has 1 fully saturated rings. The van der Waals surface area contributed by atoms with E-state index in [1.807, 2.05) is 0 Å². The molecule has 1 saturated heterocycles. The lowest BCUT2D eigenvalue weighted by Crippen LogP contribution is -2.44. The number of H-pyrrole nitrogens is 1. The molecule has 2 heterocycles. The van der Waals surface area contributed by atoms with Gasteiger partial charge in [-0.15, -0.1) is 0 Å². The number of fused-ring (bicyclic) bond motifs is 1. The zero-order valence-electron chi connectivity index (χ0n) is 10.5. The lowest BCUT2D eigenvalue weighted by atomic mass is 10.1. The van der Waals surface area contributed by atoms with Crippen LogP contribution in [0.3, 0.4) is 0 Å². The van der Waals surface area contributed by atoms with Crippen molar-refractivity contribution in [3.05, 3.63) is 34.4 Å². The maximum absolute atomic E-state index is 3.52. The van der Waals surface area contributed by atoms with E-state index in [0.717, 1.165) is 30.7 Å². The first-order valence-corrected chi connectivity index (χ1v) is 7.26. The highest BCUT2D eigenvalue weighted by atomic mass is 79.9. The first-order valence-electron chi connectivity index (χ1n) is 6.47. The Balaban J connectivity index is 1.93. The zero-order chi connectivity index (χ0) is 12.5. The van der Waals surface area contributed by atoms with E-state index in [1.165, 1.54) is 16.5 Å². The lowest BCUT2D eigenvalue weighted by Gasteiger charge is -2.32. The molecule has 3 nitrogen and oxygen atoms in total. The third kappa shape index (κ3) is 2.20. The van der Waals surface area contributed by atoms with E-state index in [4.69, 9.17) is 0 Å². The van der Waals surface area contributed by atoms with E-state index in [1.54, 1.807) is 0 Å². The predicted molar refractivity (Wildman–Crippen MR) is 78.9 cm³/mol. The second-order valence-corrected chi connectivity index (χ2v) is 5.81. The molecule has 0 amide bonds. The minimum atomic E-state index is 0.474. The fourth-order valence-electron chi connectivity index (χ4n) is 2.73. The van der Waals surface area contributed by atoms with E-state index < -0.39 is 0 Å². The average molecular weight is 308 g/mol. The number of aromatic amines is 1. The van der Waals surface area contributed by atoms with E-state index in [-0.39, 0.29) is 0 Å². The Hall–Kier alpha value is -0.840. The van der Waals surface area contributed by atoms with Gasteiger partial charge in [0.05, 0.1) is 0 Å². The standard InChI is InChI=1S/C14H18BrN3/c1-10(18-6-4-16-5-7-18)13-9-17-14-8-11(15)2-3-12(13)14/h2-3,8-10,16-17H,4-7H2,1H3. The number of nitrogens with one attached hydrogen (secondary N) is 2. The van der Waals surface area contributed by atoms with Crippen molar-refractivity contribution in [3.63, 3.8) is 0 Å². The van der Waals surface area contributed by atoms with Crippen molar-refractivity contribution in [3.8, 4) is 0 Å². The minimum absolute atomic E-state index is 0.474. The molecule has 1 aromatic heterocycles. The summed E-state index contributed by atoms with van der Waals surface area (Å²) < 4.78 is 1.12. The molecule has 1 unspecified atom stereocenters. The molecule has 0 saturated carbocycles. The number of rotatable bonds is 2. The Bertz CT molecular complexity index is 543. The average Bonchev–Trinajstić information content (AvgIpc) is 2.81. The van der Waals surface area contributed by atoms with Crippen molar-refractivity contribution in [1.82, 2.24) is 15.2 Å². The van der Waals surface area contributed by atoms with E-state index in [2.05, 4.69) is 62.5 Å². The van der Waals surface area contributed by atoms with Crippen molar-refractivity contribution >= 4 is 26.8 Å². The fourth-order valence-corrected chi connectivity index (χ4v) is 3.09. The van der Waals surface area contributed by atoms with Crippen molar-refractivity contribution in [2.75, 3.05) is 26.2 Å². The van der Waals surface area contributed by atoms with Crippen LogP contribution in [0.2, 0.25) is 0 Å². The SMILES string of the molecule is CC(c1c[nH]c2cc(Br)ccc12)N1CCNCC1. The van der Waals surface area contributed by atoms with Gasteiger partial charge in [-0.05, 0) is 24.6 Å². The monoisotopic (exact) mass is 307 g/mol. The van der Waals surface area contributed by atoms with Gasteiger partial charge in [-0.3, -0.25) is 4.90 Å². The van der Waals surface area contributed by atoms with Crippen LogP contribution in [0, 0.1) is 0 Å². The molecule has 0 bridgehead atoms. The molecule has 1 aliphatic heterocycles. The zero-order valence-corrected chi connectivity index (χ0v) is 12.1. The van der Waals surface area contributed by atoms with Crippen LogP contribution in [0.5, 0.6) is 0 Å². The van der Waals surface area contributed by atoms with Gasteiger partial charge in [-0.2, -0.15) is 0 Å². The Labute approximate surface area is 116 Å². The number of halogens is 1. The lowest BCUT2D eigenvalue weighted by molar-refractivity contribution is 0.186. The normalized spacial score (nSPS) is 19.2. The highest BCUT2D eigenvalue weighted by Crippen LogP contribution is 2.29. The fraction of sp³-hybridized carbons (Fsp3) is 0.429.